The van der Waals surface area contributed by atoms with E-state index in [4.69, 9.17) is 10.8 Å². The molecule has 1 heterocycles. The minimum Gasteiger partial charge on any atom is -0.393 e. The van der Waals surface area contributed by atoms with E-state index in [1.807, 2.05) is 5.10 Å². The van der Waals surface area contributed by atoms with Gasteiger partial charge in [-0.3, -0.25) is 5.10 Å². The van der Waals surface area contributed by atoms with Gasteiger partial charge in [0.05, 0.1) is 12.3 Å². The predicted molar refractivity (Wildman–Crippen MR) is 44.7 cm³/mol. The largest absolute Gasteiger partial charge is 0.433 e. The second-order valence-electron chi connectivity index (χ2n) is 3.87. The van der Waals surface area contributed by atoms with Gasteiger partial charge in [0, 0.05) is 11.1 Å². The number of hydrogen-bond acceptors (Lipinski definition) is 3. The topological polar surface area (TPSA) is 74.9 Å². The van der Waals surface area contributed by atoms with Gasteiger partial charge >= 0.3 is 6.18 Å². The van der Waals surface area contributed by atoms with E-state index in [0.717, 1.165) is 6.20 Å². The van der Waals surface area contributed by atoms with E-state index >= 15 is 0 Å². The SMILES string of the molecule is NC1(c2cn[nH]c2C(F)(F)F)CC(O)C1. The highest BCUT2D eigenvalue weighted by Crippen LogP contribution is 2.43. The monoisotopic (exact) mass is 221 g/mol. The molecular formula is C8H10F3N3O. The molecule has 15 heavy (non-hydrogen) atoms. The number of aromatic amines is 1. The molecule has 1 fully saturated rings. The molecule has 1 aromatic rings. The number of nitrogens with zero attached hydrogens (tertiary/aromatic N) is 1. The quantitative estimate of drug-likeness (QED) is 0.654. The zero-order chi connectivity index (χ0) is 11.3. The van der Waals surface area contributed by atoms with Gasteiger partial charge in [-0.15, -0.1) is 0 Å². The molecule has 7 heteroatoms. The number of H-pyrrole nitrogens is 1. The van der Waals surface area contributed by atoms with Crippen molar-refractivity contribution in [2.45, 2.75) is 30.7 Å². The molecule has 0 spiro atoms. The van der Waals surface area contributed by atoms with E-state index < -0.39 is 23.5 Å². The highest BCUT2D eigenvalue weighted by Gasteiger charge is 2.48. The molecule has 2 rings (SSSR count). The van der Waals surface area contributed by atoms with Crippen molar-refractivity contribution in [3.05, 3.63) is 17.5 Å². The summed E-state index contributed by atoms with van der Waals surface area (Å²) in [7, 11) is 0. The Morgan fingerprint density at radius 1 is 1.53 bits per heavy atom. The van der Waals surface area contributed by atoms with Gasteiger partial charge in [-0.2, -0.15) is 18.3 Å². The van der Waals surface area contributed by atoms with Crippen molar-refractivity contribution in [2.24, 2.45) is 5.73 Å². The Balaban J connectivity index is 2.34. The van der Waals surface area contributed by atoms with Gasteiger partial charge in [0.25, 0.3) is 0 Å². The minimum atomic E-state index is -4.49. The van der Waals surface area contributed by atoms with Crippen LogP contribution >= 0.6 is 0 Å². The Bertz CT molecular complexity index is 367. The van der Waals surface area contributed by atoms with Crippen LogP contribution in [-0.4, -0.2) is 21.4 Å². The summed E-state index contributed by atoms with van der Waals surface area (Å²) in [5.41, 5.74) is 3.65. The first-order valence-electron chi connectivity index (χ1n) is 4.41. The van der Waals surface area contributed by atoms with Crippen LogP contribution in [0, 0.1) is 0 Å². The standard InChI is InChI=1S/C8H10F3N3O/c9-8(10,11)6-5(3-13-14-6)7(12)1-4(15)2-7/h3-4,15H,1-2,12H2,(H,13,14). The van der Waals surface area contributed by atoms with Crippen molar-refractivity contribution >= 4 is 0 Å². The van der Waals surface area contributed by atoms with Gasteiger partial charge in [-0.25, -0.2) is 0 Å². The first-order chi connectivity index (χ1) is 6.83. The van der Waals surface area contributed by atoms with E-state index in [1.54, 1.807) is 0 Å². The minimum absolute atomic E-state index is 0.0692. The lowest BCUT2D eigenvalue weighted by Crippen LogP contribution is -2.52. The third kappa shape index (κ3) is 1.61. The van der Waals surface area contributed by atoms with Gasteiger partial charge in [-0.1, -0.05) is 0 Å². The van der Waals surface area contributed by atoms with Crippen LogP contribution in [0.5, 0.6) is 0 Å². The van der Waals surface area contributed by atoms with E-state index in [0.29, 0.717) is 0 Å². The number of aromatic nitrogens is 2. The molecule has 1 aliphatic rings. The molecule has 1 aliphatic carbocycles. The molecule has 0 atom stereocenters. The number of alkyl halides is 3. The number of aliphatic hydroxyl groups excluding tert-OH is 1. The lowest BCUT2D eigenvalue weighted by atomic mass is 9.70. The molecule has 0 unspecified atom stereocenters. The van der Waals surface area contributed by atoms with Gasteiger partial charge in [0.2, 0.25) is 0 Å². The van der Waals surface area contributed by atoms with E-state index in [-0.39, 0.29) is 18.4 Å². The predicted octanol–water partition coefficient (Wildman–Crippen LogP) is 0.737. The highest BCUT2D eigenvalue weighted by atomic mass is 19.4. The molecule has 0 amide bonds. The highest BCUT2D eigenvalue weighted by molar-refractivity contribution is 5.31. The summed E-state index contributed by atoms with van der Waals surface area (Å²) in [6.45, 7) is 0. The maximum atomic E-state index is 12.5. The van der Waals surface area contributed by atoms with Crippen LogP contribution < -0.4 is 5.73 Å². The van der Waals surface area contributed by atoms with Crippen LogP contribution in [0.15, 0.2) is 6.20 Å². The summed E-state index contributed by atoms with van der Waals surface area (Å²) in [6, 6.07) is 0. The Kier molecular flexibility index (Phi) is 2.06. The van der Waals surface area contributed by atoms with E-state index in [1.165, 1.54) is 0 Å². The zero-order valence-corrected chi connectivity index (χ0v) is 7.67. The molecule has 1 aromatic heterocycles. The Labute approximate surface area is 83.3 Å². The van der Waals surface area contributed by atoms with Crippen molar-refractivity contribution in [2.75, 3.05) is 0 Å². The maximum absolute atomic E-state index is 12.5. The smallest absolute Gasteiger partial charge is 0.393 e. The van der Waals surface area contributed by atoms with Gasteiger partial charge in [-0.05, 0) is 12.8 Å². The van der Waals surface area contributed by atoms with Crippen molar-refractivity contribution in [3.8, 4) is 0 Å². The lowest BCUT2D eigenvalue weighted by Gasteiger charge is -2.42. The Morgan fingerprint density at radius 2 is 2.13 bits per heavy atom. The summed E-state index contributed by atoms with van der Waals surface area (Å²) in [5, 5.41) is 14.3. The van der Waals surface area contributed by atoms with Crippen molar-refractivity contribution in [1.82, 2.24) is 10.2 Å². The van der Waals surface area contributed by atoms with E-state index in [9.17, 15) is 13.2 Å². The Hall–Kier alpha value is -1.08. The first-order valence-corrected chi connectivity index (χ1v) is 4.41. The average Bonchev–Trinajstić information content (AvgIpc) is 2.47. The van der Waals surface area contributed by atoms with Crippen LogP contribution in [0.4, 0.5) is 13.2 Å². The Morgan fingerprint density at radius 3 is 2.60 bits per heavy atom. The summed E-state index contributed by atoms with van der Waals surface area (Å²) in [6.07, 6.45) is -3.76. The first kappa shape index (κ1) is 10.4. The third-order valence-corrected chi connectivity index (χ3v) is 2.66. The van der Waals surface area contributed by atoms with Gasteiger partial charge < -0.3 is 10.8 Å². The fourth-order valence-corrected chi connectivity index (χ4v) is 1.88. The second kappa shape index (κ2) is 2.96. The molecule has 4 nitrogen and oxygen atoms in total. The van der Waals surface area contributed by atoms with Crippen LogP contribution in [0.3, 0.4) is 0 Å². The number of nitrogens with one attached hydrogen (secondary N) is 1. The molecule has 0 aliphatic heterocycles. The molecular weight excluding hydrogens is 211 g/mol. The second-order valence-corrected chi connectivity index (χ2v) is 3.87. The summed E-state index contributed by atoms with van der Waals surface area (Å²) in [4.78, 5) is 0. The summed E-state index contributed by atoms with van der Waals surface area (Å²) >= 11 is 0. The van der Waals surface area contributed by atoms with Gasteiger partial charge in [0.15, 0.2) is 0 Å². The fraction of sp³-hybridized carbons (Fsp3) is 0.625. The van der Waals surface area contributed by atoms with Crippen LogP contribution in [0.1, 0.15) is 24.1 Å². The molecule has 1 saturated carbocycles. The fourth-order valence-electron chi connectivity index (χ4n) is 1.88. The normalized spacial score (nSPS) is 31.4. The molecule has 4 N–H and O–H groups in total. The molecule has 0 radical (unpaired) electrons. The van der Waals surface area contributed by atoms with Crippen molar-refractivity contribution in [1.29, 1.82) is 0 Å². The molecule has 0 bridgehead atoms. The number of rotatable bonds is 1. The molecule has 0 saturated heterocycles. The summed E-state index contributed by atoms with van der Waals surface area (Å²) < 4.78 is 37.4. The van der Waals surface area contributed by atoms with Crippen LogP contribution in [0.2, 0.25) is 0 Å². The third-order valence-electron chi connectivity index (χ3n) is 2.66. The average molecular weight is 221 g/mol. The van der Waals surface area contributed by atoms with Crippen molar-refractivity contribution < 1.29 is 18.3 Å². The lowest BCUT2D eigenvalue weighted by molar-refractivity contribution is -0.143. The van der Waals surface area contributed by atoms with Crippen molar-refractivity contribution in [3.63, 3.8) is 0 Å². The van der Waals surface area contributed by atoms with E-state index in [2.05, 4.69) is 5.10 Å². The number of hydrogen-bond donors (Lipinski definition) is 3. The van der Waals surface area contributed by atoms with Gasteiger partial charge in [0.1, 0.15) is 5.69 Å². The summed E-state index contributed by atoms with van der Waals surface area (Å²) in [5.74, 6) is 0. The van der Waals surface area contributed by atoms with Crippen LogP contribution in [0.25, 0.3) is 0 Å². The van der Waals surface area contributed by atoms with Crippen LogP contribution in [-0.2, 0) is 11.7 Å². The zero-order valence-electron chi connectivity index (χ0n) is 7.67. The molecule has 84 valence electrons. The maximum Gasteiger partial charge on any atom is 0.433 e. The number of nitrogens with two attached hydrogens (primary N) is 1. The number of halogens is 3. The number of aliphatic hydroxyl groups is 1. The molecule has 0 aromatic carbocycles.